The second-order valence-electron chi connectivity index (χ2n) is 6.51. The molecule has 0 aliphatic carbocycles. The van der Waals surface area contributed by atoms with Crippen LogP contribution in [-0.2, 0) is 4.79 Å². The van der Waals surface area contributed by atoms with Crippen molar-refractivity contribution in [2.75, 3.05) is 37.8 Å². The van der Waals surface area contributed by atoms with Crippen LogP contribution in [-0.4, -0.2) is 48.7 Å². The summed E-state index contributed by atoms with van der Waals surface area (Å²) in [6.07, 6.45) is 0.394. The number of halogens is 3. The minimum Gasteiger partial charge on any atom is -0.308 e. The van der Waals surface area contributed by atoms with Crippen LogP contribution in [0.2, 0.25) is 5.02 Å². The van der Waals surface area contributed by atoms with Crippen molar-refractivity contribution in [2.45, 2.75) is 11.3 Å². The first-order valence-electron chi connectivity index (χ1n) is 8.82. The van der Waals surface area contributed by atoms with Gasteiger partial charge < -0.3 is 4.90 Å². The van der Waals surface area contributed by atoms with Gasteiger partial charge in [0, 0.05) is 35.2 Å². The number of hydrogen-bond donors (Lipinski definition) is 0. The van der Waals surface area contributed by atoms with Crippen LogP contribution in [0.15, 0.2) is 47.4 Å². The van der Waals surface area contributed by atoms with Gasteiger partial charge in [-0.15, -0.1) is 24.2 Å². The van der Waals surface area contributed by atoms with E-state index in [0.717, 1.165) is 16.1 Å². The van der Waals surface area contributed by atoms with Gasteiger partial charge in [-0.3, -0.25) is 9.69 Å². The molecule has 0 saturated carbocycles. The minimum atomic E-state index is -0.298. The van der Waals surface area contributed by atoms with Gasteiger partial charge in [0.1, 0.15) is 5.82 Å². The summed E-state index contributed by atoms with van der Waals surface area (Å²) < 4.78 is 14.2. The molecule has 0 spiro atoms. The van der Waals surface area contributed by atoms with Crippen LogP contribution in [0.5, 0.6) is 0 Å². The number of benzene rings is 2. The molecule has 1 heterocycles. The molecule has 156 valence electrons. The Labute approximate surface area is 189 Å². The Hall–Kier alpha value is -1.38. The summed E-state index contributed by atoms with van der Waals surface area (Å²) in [5.74, 6) is 0.384. The number of thiazole rings is 1. The first-order chi connectivity index (χ1) is 13.4. The quantitative estimate of drug-likeness (QED) is 0.399. The third-order valence-corrected chi connectivity index (χ3v) is 6.35. The van der Waals surface area contributed by atoms with Gasteiger partial charge in [0.2, 0.25) is 5.91 Å². The summed E-state index contributed by atoms with van der Waals surface area (Å²) in [5, 5.41) is 1.31. The topological polar surface area (TPSA) is 36.4 Å². The number of likely N-dealkylation sites (N-methyl/N-ethyl adjacent to an activating group) is 1. The van der Waals surface area contributed by atoms with Crippen molar-refractivity contribution in [3.63, 3.8) is 0 Å². The Bertz CT molecular complexity index is 951. The van der Waals surface area contributed by atoms with E-state index in [4.69, 9.17) is 11.6 Å². The van der Waals surface area contributed by atoms with E-state index in [1.807, 2.05) is 43.3 Å². The molecular formula is C20H22Cl2FN3OS2. The predicted octanol–water partition coefficient (Wildman–Crippen LogP) is 5.59. The molecule has 2 aromatic carbocycles. The van der Waals surface area contributed by atoms with Crippen LogP contribution in [0.1, 0.15) is 6.42 Å². The zero-order chi connectivity index (χ0) is 20.1. The monoisotopic (exact) mass is 473 g/mol. The number of nitrogens with zero attached hydrogens (tertiary/aromatic N) is 3. The number of hydrogen-bond acceptors (Lipinski definition) is 5. The number of rotatable bonds is 8. The van der Waals surface area contributed by atoms with Crippen LogP contribution >= 0.6 is 47.1 Å². The fourth-order valence-corrected chi connectivity index (χ4v) is 4.55. The maximum absolute atomic E-state index is 13.5. The van der Waals surface area contributed by atoms with Crippen molar-refractivity contribution in [3.8, 4) is 0 Å². The minimum absolute atomic E-state index is 0. The lowest BCUT2D eigenvalue weighted by molar-refractivity contribution is -0.118. The zero-order valence-corrected chi connectivity index (χ0v) is 19.3. The highest BCUT2D eigenvalue weighted by atomic mass is 35.5. The summed E-state index contributed by atoms with van der Waals surface area (Å²) >= 11 is 8.87. The Morgan fingerprint density at radius 2 is 1.90 bits per heavy atom. The molecule has 0 aliphatic heterocycles. The van der Waals surface area contributed by atoms with Gasteiger partial charge in [0.25, 0.3) is 0 Å². The molecule has 4 nitrogen and oxygen atoms in total. The van der Waals surface area contributed by atoms with E-state index < -0.39 is 0 Å². The molecule has 1 amide bonds. The van der Waals surface area contributed by atoms with Gasteiger partial charge in [-0.25, -0.2) is 9.37 Å². The maximum atomic E-state index is 13.5. The van der Waals surface area contributed by atoms with Crippen LogP contribution < -0.4 is 4.90 Å². The number of amides is 1. The number of aromatic nitrogens is 1. The van der Waals surface area contributed by atoms with Crippen molar-refractivity contribution in [1.82, 2.24) is 9.88 Å². The van der Waals surface area contributed by atoms with Crippen molar-refractivity contribution in [1.29, 1.82) is 0 Å². The van der Waals surface area contributed by atoms with Crippen molar-refractivity contribution in [2.24, 2.45) is 0 Å². The first kappa shape index (κ1) is 23.9. The van der Waals surface area contributed by atoms with E-state index >= 15 is 0 Å². The summed E-state index contributed by atoms with van der Waals surface area (Å²) in [4.78, 5) is 22.3. The predicted molar refractivity (Wildman–Crippen MR) is 125 cm³/mol. The van der Waals surface area contributed by atoms with Gasteiger partial charge in [-0.1, -0.05) is 22.9 Å². The smallest absolute Gasteiger partial charge is 0.229 e. The number of carbonyl (C=O) groups is 1. The summed E-state index contributed by atoms with van der Waals surface area (Å²) in [5.41, 5.74) is 0.708. The molecule has 0 atom stereocenters. The molecule has 29 heavy (non-hydrogen) atoms. The highest BCUT2D eigenvalue weighted by Gasteiger charge is 2.20. The van der Waals surface area contributed by atoms with Crippen LogP contribution in [0.3, 0.4) is 0 Å². The Morgan fingerprint density at radius 3 is 2.59 bits per heavy atom. The molecule has 0 unspecified atom stereocenters. The second-order valence-corrected chi connectivity index (χ2v) is 9.12. The van der Waals surface area contributed by atoms with Gasteiger partial charge in [0.15, 0.2) is 5.13 Å². The fourth-order valence-electron chi connectivity index (χ4n) is 2.55. The van der Waals surface area contributed by atoms with E-state index in [2.05, 4.69) is 4.98 Å². The molecule has 1 aromatic heterocycles. The van der Waals surface area contributed by atoms with Crippen molar-refractivity contribution >= 4 is 68.4 Å². The Kier molecular flexibility index (Phi) is 9.17. The van der Waals surface area contributed by atoms with Crippen LogP contribution in [0.25, 0.3) is 10.2 Å². The largest absolute Gasteiger partial charge is 0.308 e. The molecule has 3 aromatic rings. The maximum Gasteiger partial charge on any atom is 0.229 e. The first-order valence-corrected chi connectivity index (χ1v) is 11.0. The highest BCUT2D eigenvalue weighted by Crippen LogP contribution is 2.30. The second kappa shape index (κ2) is 11.1. The average molecular weight is 474 g/mol. The standard InChI is InChI=1S/C20H21ClFN3OS2.ClH/c1-24(2)10-11-25(20-23-17-8-5-15(22)13-18(17)28-20)19(26)9-12-27-16-6-3-14(21)4-7-16;/h3-8,13H,9-12H2,1-2H3;1H. The number of anilines is 1. The SMILES string of the molecule is CN(C)CCN(C(=O)CCSc1ccc(Cl)cc1)c1nc2ccc(F)cc2s1.Cl. The van der Waals surface area contributed by atoms with Crippen molar-refractivity contribution in [3.05, 3.63) is 53.3 Å². The van der Waals surface area contributed by atoms with Gasteiger partial charge in [0.05, 0.1) is 10.2 Å². The molecule has 0 saturated heterocycles. The fraction of sp³-hybridized carbons (Fsp3) is 0.300. The molecule has 0 fully saturated rings. The molecule has 0 N–H and O–H groups in total. The molecule has 9 heteroatoms. The van der Waals surface area contributed by atoms with Crippen molar-refractivity contribution < 1.29 is 9.18 Å². The summed E-state index contributed by atoms with van der Waals surface area (Å²) in [6, 6.07) is 12.1. The van der Waals surface area contributed by atoms with E-state index in [1.165, 1.54) is 23.5 Å². The molecular weight excluding hydrogens is 452 g/mol. The van der Waals surface area contributed by atoms with E-state index in [1.54, 1.807) is 22.7 Å². The number of carbonyl (C=O) groups excluding carboxylic acids is 1. The van der Waals surface area contributed by atoms with Crippen LogP contribution in [0, 0.1) is 5.82 Å². The summed E-state index contributed by atoms with van der Waals surface area (Å²) in [6.45, 7) is 1.26. The molecule has 3 rings (SSSR count). The zero-order valence-electron chi connectivity index (χ0n) is 16.1. The van der Waals surface area contributed by atoms with Gasteiger partial charge in [-0.05, 0) is 56.6 Å². The lowest BCUT2D eigenvalue weighted by Gasteiger charge is -2.22. The van der Waals surface area contributed by atoms with Crippen LogP contribution in [0.4, 0.5) is 9.52 Å². The Morgan fingerprint density at radius 1 is 1.17 bits per heavy atom. The van der Waals surface area contributed by atoms with E-state index in [-0.39, 0.29) is 24.1 Å². The van der Waals surface area contributed by atoms with E-state index in [0.29, 0.717) is 34.4 Å². The lowest BCUT2D eigenvalue weighted by atomic mass is 10.3. The molecule has 0 radical (unpaired) electrons. The Balaban J connectivity index is 0.00000300. The van der Waals surface area contributed by atoms with Gasteiger partial charge >= 0.3 is 0 Å². The molecule has 0 bridgehead atoms. The van der Waals surface area contributed by atoms with E-state index in [9.17, 15) is 9.18 Å². The van der Waals surface area contributed by atoms with Gasteiger partial charge in [-0.2, -0.15) is 0 Å². The average Bonchev–Trinajstić information content (AvgIpc) is 3.06. The number of thioether (sulfide) groups is 1. The number of fused-ring (bicyclic) bond motifs is 1. The molecule has 0 aliphatic rings. The summed E-state index contributed by atoms with van der Waals surface area (Å²) in [7, 11) is 3.93. The highest BCUT2D eigenvalue weighted by molar-refractivity contribution is 7.99. The third-order valence-electron chi connectivity index (χ3n) is 4.04. The lowest BCUT2D eigenvalue weighted by Crippen LogP contribution is -2.36. The normalized spacial score (nSPS) is 10.9. The third kappa shape index (κ3) is 6.83.